The van der Waals surface area contributed by atoms with Gasteiger partial charge in [-0.3, -0.25) is 0 Å². The third-order valence-electron chi connectivity index (χ3n) is 3.29. The van der Waals surface area contributed by atoms with E-state index in [2.05, 4.69) is 29.6 Å². The van der Waals surface area contributed by atoms with E-state index in [1.807, 2.05) is 11.3 Å². The van der Waals surface area contributed by atoms with Crippen molar-refractivity contribution >= 4 is 22.1 Å². The van der Waals surface area contributed by atoms with Crippen LogP contribution in [-0.2, 0) is 6.42 Å². The molecule has 0 spiro atoms. The largest absolute Gasteiger partial charge is 0.148 e. The maximum Gasteiger partial charge on any atom is 0.0127 e. The van der Waals surface area contributed by atoms with Gasteiger partial charge in [0.2, 0.25) is 0 Å². The first-order chi connectivity index (χ1) is 6.93. The molecular weight excluding hydrogens is 188 g/mol. The minimum absolute atomic E-state index is 0.983. The lowest BCUT2D eigenvalue weighted by molar-refractivity contribution is 0.317. The van der Waals surface area contributed by atoms with Crippen LogP contribution in [0.25, 0.3) is 10.8 Å². The molecule has 1 heteroatoms. The summed E-state index contributed by atoms with van der Waals surface area (Å²) in [5, 5.41) is 5.21. The molecule has 1 aromatic heterocycles. The molecule has 0 amide bonds. The van der Waals surface area contributed by atoms with Gasteiger partial charge in [-0.1, -0.05) is 43.5 Å². The molecule has 3 rings (SSSR count). The van der Waals surface area contributed by atoms with Crippen molar-refractivity contribution in [3.8, 4) is 0 Å². The first-order valence-corrected chi connectivity index (χ1v) is 6.26. The summed E-state index contributed by atoms with van der Waals surface area (Å²) >= 11 is 1.94. The first kappa shape index (κ1) is 8.49. The molecule has 14 heavy (non-hydrogen) atoms. The summed E-state index contributed by atoms with van der Waals surface area (Å²) in [4.78, 5) is 1.60. The van der Waals surface area contributed by atoms with Crippen LogP contribution in [0.5, 0.6) is 0 Å². The molecule has 1 fully saturated rings. The van der Waals surface area contributed by atoms with Crippen LogP contribution in [0.15, 0.2) is 29.6 Å². The Labute approximate surface area is 88.6 Å². The third kappa shape index (κ3) is 1.36. The summed E-state index contributed by atoms with van der Waals surface area (Å²) in [7, 11) is 0. The Bertz CT molecular complexity index is 437. The van der Waals surface area contributed by atoms with Crippen molar-refractivity contribution in [3.05, 3.63) is 34.5 Å². The van der Waals surface area contributed by atoms with Crippen LogP contribution >= 0.6 is 11.3 Å². The van der Waals surface area contributed by atoms with Crippen molar-refractivity contribution in [2.24, 2.45) is 5.92 Å². The minimum atomic E-state index is 0.983. The Morgan fingerprint density at radius 2 is 2.07 bits per heavy atom. The van der Waals surface area contributed by atoms with E-state index in [1.165, 1.54) is 36.5 Å². The van der Waals surface area contributed by atoms with E-state index in [9.17, 15) is 0 Å². The van der Waals surface area contributed by atoms with Crippen molar-refractivity contribution in [2.45, 2.75) is 25.7 Å². The number of thiophene rings is 1. The Morgan fingerprint density at radius 3 is 2.86 bits per heavy atom. The molecule has 0 nitrogen and oxygen atoms in total. The number of benzene rings is 1. The molecule has 2 aromatic rings. The Kier molecular flexibility index (Phi) is 2.06. The molecule has 72 valence electrons. The summed E-state index contributed by atoms with van der Waals surface area (Å²) < 4.78 is 0. The molecule has 1 aliphatic rings. The monoisotopic (exact) mass is 202 g/mol. The van der Waals surface area contributed by atoms with Crippen LogP contribution in [0, 0.1) is 5.92 Å². The Hall–Kier alpha value is -0.820. The van der Waals surface area contributed by atoms with Crippen molar-refractivity contribution in [2.75, 3.05) is 0 Å². The van der Waals surface area contributed by atoms with E-state index in [0.29, 0.717) is 0 Å². The van der Waals surface area contributed by atoms with E-state index in [0.717, 1.165) is 5.92 Å². The Morgan fingerprint density at radius 1 is 1.21 bits per heavy atom. The maximum atomic E-state index is 2.29. The fourth-order valence-corrected chi connectivity index (χ4v) is 3.29. The SMILES string of the molecule is c1ccc2c(CC3CCC3)scc2c1. The predicted octanol–water partition coefficient (Wildman–Crippen LogP) is 4.24. The molecule has 1 aliphatic carbocycles. The minimum Gasteiger partial charge on any atom is -0.148 e. The van der Waals surface area contributed by atoms with Crippen LogP contribution in [-0.4, -0.2) is 0 Å². The summed E-state index contributed by atoms with van der Waals surface area (Å²) in [6.07, 6.45) is 5.67. The quantitative estimate of drug-likeness (QED) is 0.683. The lowest BCUT2D eigenvalue weighted by Crippen LogP contribution is -2.12. The number of hydrogen-bond acceptors (Lipinski definition) is 1. The maximum absolute atomic E-state index is 2.29. The second kappa shape index (κ2) is 3.39. The van der Waals surface area contributed by atoms with Crippen LogP contribution in [0.1, 0.15) is 24.1 Å². The van der Waals surface area contributed by atoms with Crippen LogP contribution < -0.4 is 0 Å². The molecule has 0 aliphatic heterocycles. The van der Waals surface area contributed by atoms with Gasteiger partial charge in [-0.05, 0) is 28.5 Å². The summed E-state index contributed by atoms with van der Waals surface area (Å²) in [6.45, 7) is 0. The van der Waals surface area contributed by atoms with E-state index < -0.39 is 0 Å². The molecule has 0 atom stereocenters. The highest BCUT2D eigenvalue weighted by atomic mass is 32.1. The van der Waals surface area contributed by atoms with Gasteiger partial charge in [0, 0.05) is 4.88 Å². The highest BCUT2D eigenvalue weighted by molar-refractivity contribution is 7.11. The highest BCUT2D eigenvalue weighted by Gasteiger charge is 2.19. The van der Waals surface area contributed by atoms with Crippen LogP contribution in [0.4, 0.5) is 0 Å². The van der Waals surface area contributed by atoms with Gasteiger partial charge in [0.15, 0.2) is 0 Å². The first-order valence-electron chi connectivity index (χ1n) is 5.38. The average Bonchev–Trinajstić information content (AvgIpc) is 2.55. The topological polar surface area (TPSA) is 0 Å². The molecule has 0 saturated heterocycles. The number of rotatable bonds is 2. The average molecular weight is 202 g/mol. The lowest BCUT2D eigenvalue weighted by Gasteiger charge is -2.24. The van der Waals surface area contributed by atoms with E-state index in [4.69, 9.17) is 0 Å². The van der Waals surface area contributed by atoms with Crippen LogP contribution in [0.3, 0.4) is 0 Å². The fraction of sp³-hybridized carbons (Fsp3) is 0.385. The van der Waals surface area contributed by atoms with Crippen molar-refractivity contribution in [3.63, 3.8) is 0 Å². The molecule has 0 unspecified atom stereocenters. The van der Waals surface area contributed by atoms with Gasteiger partial charge in [-0.25, -0.2) is 0 Å². The molecule has 1 aromatic carbocycles. The fourth-order valence-electron chi connectivity index (χ4n) is 2.17. The molecule has 1 saturated carbocycles. The van der Waals surface area contributed by atoms with E-state index in [1.54, 1.807) is 4.88 Å². The molecule has 0 bridgehead atoms. The highest BCUT2D eigenvalue weighted by Crippen LogP contribution is 2.34. The number of fused-ring (bicyclic) bond motifs is 1. The lowest BCUT2D eigenvalue weighted by atomic mass is 9.82. The second-order valence-electron chi connectivity index (χ2n) is 4.25. The number of hydrogen-bond donors (Lipinski definition) is 0. The molecular formula is C13H14S. The normalized spacial score (nSPS) is 17.1. The predicted molar refractivity (Wildman–Crippen MR) is 62.9 cm³/mol. The van der Waals surface area contributed by atoms with Gasteiger partial charge in [0.05, 0.1) is 0 Å². The zero-order valence-corrected chi connectivity index (χ0v) is 9.02. The van der Waals surface area contributed by atoms with Gasteiger partial charge in [0.1, 0.15) is 0 Å². The van der Waals surface area contributed by atoms with Gasteiger partial charge in [-0.15, -0.1) is 11.3 Å². The third-order valence-corrected chi connectivity index (χ3v) is 4.33. The second-order valence-corrected chi connectivity index (χ2v) is 5.21. The van der Waals surface area contributed by atoms with Crippen molar-refractivity contribution in [1.29, 1.82) is 0 Å². The van der Waals surface area contributed by atoms with Crippen molar-refractivity contribution in [1.82, 2.24) is 0 Å². The Balaban J connectivity index is 1.95. The standard InChI is InChI=1S/C13H14S/c1-2-7-12-11(6-1)9-14-13(12)8-10-4-3-5-10/h1-2,6-7,9-10H,3-5,8H2. The van der Waals surface area contributed by atoms with Crippen molar-refractivity contribution < 1.29 is 0 Å². The zero-order chi connectivity index (χ0) is 9.38. The van der Waals surface area contributed by atoms with Gasteiger partial charge in [-0.2, -0.15) is 0 Å². The zero-order valence-electron chi connectivity index (χ0n) is 8.20. The van der Waals surface area contributed by atoms with Gasteiger partial charge < -0.3 is 0 Å². The molecule has 0 N–H and O–H groups in total. The van der Waals surface area contributed by atoms with Gasteiger partial charge in [0.25, 0.3) is 0 Å². The summed E-state index contributed by atoms with van der Waals surface area (Å²) in [6, 6.07) is 8.76. The molecule has 1 heterocycles. The smallest absolute Gasteiger partial charge is 0.0127 e. The molecule has 0 radical (unpaired) electrons. The van der Waals surface area contributed by atoms with E-state index >= 15 is 0 Å². The van der Waals surface area contributed by atoms with E-state index in [-0.39, 0.29) is 0 Å². The summed E-state index contributed by atoms with van der Waals surface area (Å²) in [5.41, 5.74) is 0. The summed E-state index contributed by atoms with van der Waals surface area (Å²) in [5.74, 6) is 0.983. The van der Waals surface area contributed by atoms with Gasteiger partial charge >= 0.3 is 0 Å². The van der Waals surface area contributed by atoms with Crippen LogP contribution in [0.2, 0.25) is 0 Å².